The summed E-state index contributed by atoms with van der Waals surface area (Å²) in [4.78, 5) is 23.6. The van der Waals surface area contributed by atoms with Crippen LogP contribution in [0.3, 0.4) is 0 Å². The van der Waals surface area contributed by atoms with E-state index >= 15 is 0 Å². The van der Waals surface area contributed by atoms with Gasteiger partial charge >= 0.3 is 5.97 Å². The van der Waals surface area contributed by atoms with Gasteiger partial charge in [-0.1, -0.05) is 24.3 Å². The first-order valence-electron chi connectivity index (χ1n) is 9.55. The molecule has 0 atom stereocenters. The van der Waals surface area contributed by atoms with Crippen LogP contribution in [0.5, 0.6) is 17.2 Å². The molecule has 31 heavy (non-hydrogen) atoms. The lowest BCUT2D eigenvalue weighted by Gasteiger charge is -2.10. The van der Waals surface area contributed by atoms with Crippen molar-refractivity contribution in [2.45, 2.75) is 6.54 Å². The van der Waals surface area contributed by atoms with Crippen molar-refractivity contribution in [1.29, 1.82) is 0 Å². The molecule has 3 aromatic rings. The lowest BCUT2D eigenvalue weighted by Crippen LogP contribution is -2.09. The van der Waals surface area contributed by atoms with Gasteiger partial charge in [0.1, 0.15) is 5.75 Å². The Balaban J connectivity index is 1.72. The van der Waals surface area contributed by atoms with Crippen molar-refractivity contribution in [2.24, 2.45) is 0 Å². The van der Waals surface area contributed by atoms with Crippen molar-refractivity contribution in [1.82, 2.24) is 4.57 Å². The van der Waals surface area contributed by atoms with Gasteiger partial charge in [0.2, 0.25) is 5.78 Å². The molecule has 0 spiro atoms. The molecule has 0 radical (unpaired) electrons. The summed E-state index contributed by atoms with van der Waals surface area (Å²) in [5.74, 6) is 0.391. The lowest BCUT2D eigenvalue weighted by molar-refractivity contribution is -0.139. The Labute approximate surface area is 180 Å². The van der Waals surface area contributed by atoms with E-state index in [1.54, 1.807) is 49.6 Å². The fraction of sp³-hybridized carbons (Fsp3) is 0.167. The Morgan fingerprint density at radius 1 is 1.00 bits per heavy atom. The van der Waals surface area contributed by atoms with E-state index in [-0.39, 0.29) is 5.78 Å². The molecule has 7 nitrogen and oxygen atoms in total. The minimum atomic E-state index is -1.03. The molecule has 2 aromatic carbocycles. The summed E-state index contributed by atoms with van der Waals surface area (Å²) in [7, 11) is 3.08. The standard InChI is InChI=1S/C24H23NO6/c1-29-21-11-10-18(15-22(21)30-2)24(28)20-9-5-13-25(20)12-4-7-17-6-3-8-19(14-17)31-16-23(26)27/h3-11,13-15H,12,16H2,1-2H3,(H,26,27). The highest BCUT2D eigenvalue weighted by atomic mass is 16.5. The summed E-state index contributed by atoms with van der Waals surface area (Å²) in [6.45, 7) is 0.0970. The highest BCUT2D eigenvalue weighted by Crippen LogP contribution is 2.28. The first-order chi connectivity index (χ1) is 15.0. The number of ether oxygens (including phenoxy) is 3. The largest absolute Gasteiger partial charge is 0.493 e. The predicted octanol–water partition coefficient (Wildman–Crippen LogP) is 3.91. The second-order valence-corrected chi connectivity index (χ2v) is 6.60. The van der Waals surface area contributed by atoms with Gasteiger partial charge in [-0.25, -0.2) is 4.79 Å². The van der Waals surface area contributed by atoms with E-state index in [1.165, 1.54) is 7.11 Å². The number of hydrogen-bond donors (Lipinski definition) is 1. The molecule has 0 bridgehead atoms. The molecule has 1 aromatic heterocycles. The van der Waals surface area contributed by atoms with E-state index in [0.717, 1.165) is 5.56 Å². The second-order valence-electron chi connectivity index (χ2n) is 6.60. The number of carboxylic acid groups (broad SMARTS) is 1. The fourth-order valence-corrected chi connectivity index (χ4v) is 3.06. The van der Waals surface area contributed by atoms with Gasteiger partial charge in [0, 0.05) is 18.3 Å². The van der Waals surface area contributed by atoms with Gasteiger partial charge in [0.25, 0.3) is 0 Å². The molecular formula is C24H23NO6. The Kier molecular flexibility index (Phi) is 7.11. The number of carboxylic acids is 1. The van der Waals surface area contributed by atoms with E-state index < -0.39 is 12.6 Å². The first-order valence-corrected chi connectivity index (χ1v) is 9.55. The van der Waals surface area contributed by atoms with Gasteiger partial charge in [-0.05, 0) is 48.0 Å². The van der Waals surface area contributed by atoms with Crippen LogP contribution in [-0.4, -0.2) is 42.3 Å². The predicted molar refractivity (Wildman–Crippen MR) is 116 cm³/mol. The average molecular weight is 421 g/mol. The second kappa shape index (κ2) is 10.2. The number of nitrogens with zero attached hydrogens (tertiary/aromatic N) is 1. The third-order valence-electron chi connectivity index (χ3n) is 4.54. The van der Waals surface area contributed by atoms with Gasteiger partial charge in [-0.2, -0.15) is 0 Å². The molecule has 1 heterocycles. The number of hydrogen-bond acceptors (Lipinski definition) is 5. The molecular weight excluding hydrogens is 398 g/mol. The number of carbonyl (C=O) groups excluding carboxylic acids is 1. The van der Waals surface area contributed by atoms with Gasteiger partial charge < -0.3 is 23.9 Å². The Morgan fingerprint density at radius 3 is 2.55 bits per heavy atom. The molecule has 3 rings (SSSR count). The molecule has 7 heteroatoms. The molecule has 0 aliphatic heterocycles. The van der Waals surface area contributed by atoms with Crippen LogP contribution in [0.15, 0.2) is 66.9 Å². The van der Waals surface area contributed by atoms with Crippen LogP contribution in [-0.2, 0) is 11.3 Å². The van der Waals surface area contributed by atoms with E-state index in [4.69, 9.17) is 19.3 Å². The number of methoxy groups -OCH3 is 2. The monoisotopic (exact) mass is 421 g/mol. The van der Waals surface area contributed by atoms with Crippen LogP contribution >= 0.6 is 0 Å². The summed E-state index contributed by atoms with van der Waals surface area (Å²) < 4.78 is 17.6. The maximum absolute atomic E-state index is 13.0. The number of allylic oxidation sites excluding steroid dienone is 1. The van der Waals surface area contributed by atoms with Crippen molar-refractivity contribution in [3.63, 3.8) is 0 Å². The Hall–Kier alpha value is -4.00. The molecule has 160 valence electrons. The maximum Gasteiger partial charge on any atom is 0.341 e. The van der Waals surface area contributed by atoms with Crippen molar-refractivity contribution >= 4 is 17.8 Å². The number of benzene rings is 2. The van der Waals surface area contributed by atoms with Crippen molar-refractivity contribution in [3.05, 3.63) is 83.7 Å². The molecule has 0 aliphatic carbocycles. The van der Waals surface area contributed by atoms with Crippen molar-refractivity contribution in [3.8, 4) is 17.2 Å². The van der Waals surface area contributed by atoms with Crippen LogP contribution in [0.4, 0.5) is 0 Å². The molecule has 0 amide bonds. The maximum atomic E-state index is 13.0. The van der Waals surface area contributed by atoms with E-state index in [9.17, 15) is 9.59 Å². The first kappa shape index (κ1) is 21.7. The van der Waals surface area contributed by atoms with Crippen LogP contribution in [0.25, 0.3) is 6.08 Å². The Morgan fingerprint density at radius 2 is 1.81 bits per heavy atom. The van der Waals surface area contributed by atoms with Crippen LogP contribution in [0, 0.1) is 0 Å². The topological polar surface area (TPSA) is 87.0 Å². The number of ketones is 1. The molecule has 0 aliphatic rings. The third-order valence-corrected chi connectivity index (χ3v) is 4.54. The molecule has 0 fully saturated rings. The smallest absolute Gasteiger partial charge is 0.341 e. The van der Waals surface area contributed by atoms with Gasteiger partial charge in [0.15, 0.2) is 18.1 Å². The van der Waals surface area contributed by atoms with Crippen LogP contribution < -0.4 is 14.2 Å². The van der Waals surface area contributed by atoms with Crippen LogP contribution in [0.1, 0.15) is 21.6 Å². The number of aromatic nitrogens is 1. The lowest BCUT2D eigenvalue weighted by atomic mass is 10.1. The summed E-state index contributed by atoms with van der Waals surface area (Å²) in [5.41, 5.74) is 1.92. The summed E-state index contributed by atoms with van der Waals surface area (Å²) in [5, 5.41) is 8.72. The number of aliphatic carboxylic acids is 1. The minimum absolute atomic E-state index is 0.122. The number of rotatable bonds is 10. The summed E-state index contributed by atoms with van der Waals surface area (Å²) >= 11 is 0. The van der Waals surface area contributed by atoms with Crippen molar-refractivity contribution in [2.75, 3.05) is 20.8 Å². The van der Waals surface area contributed by atoms with Gasteiger partial charge in [-0.3, -0.25) is 4.79 Å². The zero-order chi connectivity index (χ0) is 22.2. The summed E-state index contributed by atoms with van der Waals surface area (Å²) in [6, 6.07) is 15.8. The van der Waals surface area contributed by atoms with Gasteiger partial charge in [-0.15, -0.1) is 0 Å². The highest BCUT2D eigenvalue weighted by molar-refractivity contribution is 6.08. The molecule has 0 saturated carbocycles. The third kappa shape index (κ3) is 5.54. The summed E-state index contributed by atoms with van der Waals surface area (Å²) in [6.07, 6.45) is 5.64. The zero-order valence-corrected chi connectivity index (χ0v) is 17.3. The van der Waals surface area contributed by atoms with Crippen LogP contribution in [0.2, 0.25) is 0 Å². The number of carbonyl (C=O) groups is 2. The zero-order valence-electron chi connectivity index (χ0n) is 17.3. The molecule has 0 unspecified atom stereocenters. The van der Waals surface area contributed by atoms with Crippen molar-refractivity contribution < 1.29 is 28.9 Å². The average Bonchev–Trinajstić information content (AvgIpc) is 3.25. The molecule has 0 saturated heterocycles. The quantitative estimate of drug-likeness (QED) is 0.500. The minimum Gasteiger partial charge on any atom is -0.493 e. The van der Waals surface area contributed by atoms with Gasteiger partial charge in [0.05, 0.1) is 19.9 Å². The fourth-order valence-electron chi connectivity index (χ4n) is 3.06. The SMILES string of the molecule is COc1ccc(C(=O)c2cccn2CC=Cc2cccc(OCC(=O)O)c2)cc1OC. The molecule has 1 N–H and O–H groups in total. The van der Waals surface area contributed by atoms with E-state index in [2.05, 4.69) is 0 Å². The van der Waals surface area contributed by atoms with E-state index in [1.807, 2.05) is 35.0 Å². The Bertz CT molecular complexity index is 1100. The van der Waals surface area contributed by atoms with E-state index in [0.29, 0.717) is 35.1 Å². The highest BCUT2D eigenvalue weighted by Gasteiger charge is 2.15. The normalized spacial score (nSPS) is 10.8.